The van der Waals surface area contributed by atoms with Crippen molar-refractivity contribution in [1.82, 2.24) is 4.57 Å². The van der Waals surface area contributed by atoms with Crippen LogP contribution in [-0.2, 0) is 9.84 Å². The Balaban J connectivity index is 2.29. The molecule has 0 aliphatic heterocycles. The number of hydrogen-bond donors (Lipinski definition) is 0. The average molecular weight is 326 g/mol. The largest absolute Gasteiger partial charge is 0.317 e. The van der Waals surface area contributed by atoms with Crippen molar-refractivity contribution in [2.24, 2.45) is 0 Å². The number of aromatic nitrogens is 1. The van der Waals surface area contributed by atoms with Crippen LogP contribution in [0.1, 0.15) is 28.9 Å². The van der Waals surface area contributed by atoms with Crippen LogP contribution in [0.4, 0.5) is 0 Å². The molecule has 4 nitrogen and oxygen atoms in total. The van der Waals surface area contributed by atoms with Gasteiger partial charge >= 0.3 is 0 Å². The molecule has 2 aromatic rings. The second kappa shape index (κ2) is 6.73. The van der Waals surface area contributed by atoms with Gasteiger partial charge in [0.25, 0.3) is 0 Å². The first kappa shape index (κ1) is 16.9. The second-order valence-electron chi connectivity index (χ2n) is 5.46. The minimum Gasteiger partial charge on any atom is -0.317 e. The Labute approximate surface area is 137 Å². The lowest BCUT2D eigenvalue weighted by Crippen LogP contribution is -2.01. The number of hydrogen-bond acceptors (Lipinski definition) is 3. The van der Waals surface area contributed by atoms with Crippen molar-refractivity contribution in [2.45, 2.75) is 20.3 Å². The van der Waals surface area contributed by atoms with Gasteiger partial charge in [0, 0.05) is 35.3 Å². The van der Waals surface area contributed by atoms with Crippen LogP contribution in [0.5, 0.6) is 0 Å². The van der Waals surface area contributed by atoms with Crippen LogP contribution in [0.3, 0.4) is 0 Å². The van der Waals surface area contributed by atoms with Gasteiger partial charge in [-0.3, -0.25) is 0 Å². The predicted molar refractivity (Wildman–Crippen MR) is 91.2 cm³/mol. The Morgan fingerprint density at radius 3 is 2.39 bits per heavy atom. The summed E-state index contributed by atoms with van der Waals surface area (Å²) in [5.74, 6) is 6.05. The molecule has 0 radical (unpaired) electrons. The molecule has 0 N–H and O–H groups in total. The lowest BCUT2D eigenvalue weighted by Gasteiger charge is -2.09. The summed E-state index contributed by atoms with van der Waals surface area (Å²) in [7, 11) is -2.98. The fraction of sp³-hybridized carbons (Fsp3) is 0.278. The zero-order valence-electron chi connectivity index (χ0n) is 13.4. The summed E-state index contributed by atoms with van der Waals surface area (Å²) in [5, 5.41) is 8.87. The lowest BCUT2D eigenvalue weighted by atomic mass is 10.2. The van der Waals surface area contributed by atoms with Crippen LogP contribution in [0, 0.1) is 37.0 Å². The van der Waals surface area contributed by atoms with Gasteiger partial charge in [-0.25, -0.2) is 8.42 Å². The maximum absolute atomic E-state index is 11.1. The highest BCUT2D eigenvalue weighted by Crippen LogP contribution is 2.20. The molecule has 0 amide bonds. The Bertz CT molecular complexity index is 918. The molecule has 0 aliphatic carbocycles. The maximum atomic E-state index is 11.1. The van der Waals surface area contributed by atoms with Crippen LogP contribution in [0.25, 0.3) is 5.69 Å². The van der Waals surface area contributed by atoms with Crippen molar-refractivity contribution >= 4 is 9.84 Å². The molecule has 0 aliphatic rings. The van der Waals surface area contributed by atoms with Gasteiger partial charge in [0.05, 0.1) is 17.4 Å². The van der Waals surface area contributed by atoms with Crippen molar-refractivity contribution < 1.29 is 8.42 Å². The van der Waals surface area contributed by atoms with E-state index in [-0.39, 0.29) is 5.75 Å². The monoisotopic (exact) mass is 326 g/mol. The standard InChI is InChI=1S/C18H18N2O2S/c1-14-12-17(6-4-5-11-23(3,21)22)15(2)20(14)18-9-7-16(13-19)8-10-18/h7-10,12H,5,11H2,1-3H3. The molecule has 118 valence electrons. The summed E-state index contributed by atoms with van der Waals surface area (Å²) in [5.41, 5.74) is 4.53. The molecule has 1 heterocycles. The molecule has 23 heavy (non-hydrogen) atoms. The highest BCUT2D eigenvalue weighted by Gasteiger charge is 2.09. The van der Waals surface area contributed by atoms with Gasteiger partial charge in [-0.15, -0.1) is 0 Å². The topological polar surface area (TPSA) is 62.9 Å². The van der Waals surface area contributed by atoms with E-state index in [0.717, 1.165) is 22.6 Å². The maximum Gasteiger partial charge on any atom is 0.148 e. The van der Waals surface area contributed by atoms with Crippen LogP contribution in [0.2, 0.25) is 0 Å². The number of aryl methyl sites for hydroxylation is 1. The van der Waals surface area contributed by atoms with Gasteiger partial charge in [0.2, 0.25) is 0 Å². The third-order valence-corrected chi connectivity index (χ3v) is 4.45. The van der Waals surface area contributed by atoms with Gasteiger partial charge < -0.3 is 4.57 Å². The third-order valence-electron chi connectivity index (χ3n) is 3.51. The normalized spacial score (nSPS) is 10.7. The van der Waals surface area contributed by atoms with E-state index in [1.54, 1.807) is 12.1 Å². The molecule has 1 aromatic heterocycles. The van der Waals surface area contributed by atoms with Crippen LogP contribution in [0.15, 0.2) is 30.3 Å². The minimum atomic E-state index is -2.98. The van der Waals surface area contributed by atoms with Crippen molar-refractivity contribution in [1.29, 1.82) is 5.26 Å². The van der Waals surface area contributed by atoms with E-state index < -0.39 is 9.84 Å². The molecule has 0 bridgehead atoms. The zero-order valence-corrected chi connectivity index (χ0v) is 14.2. The van der Waals surface area contributed by atoms with Crippen LogP contribution in [-0.4, -0.2) is 25.0 Å². The third kappa shape index (κ3) is 4.25. The SMILES string of the molecule is Cc1cc(C#CCCS(C)(=O)=O)c(C)n1-c1ccc(C#N)cc1. The van der Waals surface area contributed by atoms with Gasteiger partial charge in [0.1, 0.15) is 9.84 Å². The van der Waals surface area contributed by atoms with Gasteiger partial charge in [-0.05, 0) is 44.2 Å². The summed E-state index contributed by atoms with van der Waals surface area (Å²) in [6.07, 6.45) is 1.55. The molecular formula is C18H18N2O2S. The lowest BCUT2D eigenvalue weighted by molar-refractivity contribution is 0.602. The number of rotatable bonds is 3. The zero-order chi connectivity index (χ0) is 17.0. The van der Waals surface area contributed by atoms with E-state index in [1.807, 2.05) is 32.0 Å². The summed E-state index contributed by atoms with van der Waals surface area (Å²) >= 11 is 0. The molecule has 0 atom stereocenters. The number of benzene rings is 1. The molecule has 1 aromatic carbocycles. The van der Waals surface area contributed by atoms with Crippen LogP contribution >= 0.6 is 0 Å². The first-order chi connectivity index (χ1) is 10.8. The first-order valence-electron chi connectivity index (χ1n) is 7.18. The average Bonchev–Trinajstić information content (AvgIpc) is 2.77. The van der Waals surface area contributed by atoms with Crippen molar-refractivity contribution in [3.05, 3.63) is 52.8 Å². The minimum absolute atomic E-state index is 0.0777. The summed E-state index contributed by atoms with van der Waals surface area (Å²) < 4.78 is 24.3. The quantitative estimate of drug-likeness (QED) is 0.815. The predicted octanol–water partition coefficient (Wildman–Crippen LogP) is 2.75. The second-order valence-corrected chi connectivity index (χ2v) is 7.72. The van der Waals surface area contributed by atoms with E-state index >= 15 is 0 Å². The number of nitrogens with zero attached hydrogens (tertiary/aromatic N) is 2. The number of sulfone groups is 1. The van der Waals surface area contributed by atoms with Gasteiger partial charge in [-0.2, -0.15) is 5.26 Å². The van der Waals surface area contributed by atoms with Gasteiger partial charge in [-0.1, -0.05) is 11.8 Å². The Hall–Kier alpha value is -2.50. The summed E-state index contributed by atoms with van der Waals surface area (Å²) in [4.78, 5) is 0. The Morgan fingerprint density at radius 2 is 1.83 bits per heavy atom. The van der Waals surface area contributed by atoms with Crippen molar-refractivity contribution in [3.63, 3.8) is 0 Å². The first-order valence-corrected chi connectivity index (χ1v) is 9.24. The fourth-order valence-electron chi connectivity index (χ4n) is 2.37. The van der Waals surface area contributed by atoms with Crippen LogP contribution < -0.4 is 0 Å². The molecule has 0 fully saturated rings. The van der Waals surface area contributed by atoms with Gasteiger partial charge in [0.15, 0.2) is 0 Å². The Kier molecular flexibility index (Phi) is 4.93. The molecule has 0 unspecified atom stereocenters. The highest BCUT2D eigenvalue weighted by atomic mass is 32.2. The molecule has 0 saturated carbocycles. The fourth-order valence-corrected chi connectivity index (χ4v) is 2.84. The molecule has 0 saturated heterocycles. The molecule has 2 rings (SSSR count). The number of nitriles is 1. The van der Waals surface area contributed by atoms with E-state index in [9.17, 15) is 8.42 Å². The summed E-state index contributed by atoms with van der Waals surface area (Å²) in [6, 6.07) is 11.5. The molecule has 0 spiro atoms. The van der Waals surface area contributed by atoms with E-state index in [0.29, 0.717) is 12.0 Å². The van der Waals surface area contributed by atoms with Crippen molar-refractivity contribution in [2.75, 3.05) is 12.0 Å². The Morgan fingerprint density at radius 1 is 1.17 bits per heavy atom. The van der Waals surface area contributed by atoms with E-state index in [1.165, 1.54) is 6.26 Å². The van der Waals surface area contributed by atoms with E-state index in [2.05, 4.69) is 22.5 Å². The molecular weight excluding hydrogens is 308 g/mol. The highest BCUT2D eigenvalue weighted by molar-refractivity contribution is 7.90. The smallest absolute Gasteiger partial charge is 0.148 e. The molecule has 5 heteroatoms. The van der Waals surface area contributed by atoms with Crippen molar-refractivity contribution in [3.8, 4) is 23.6 Å². The summed E-state index contributed by atoms with van der Waals surface area (Å²) in [6.45, 7) is 3.97. The van der Waals surface area contributed by atoms with E-state index in [4.69, 9.17) is 5.26 Å².